The zero-order chi connectivity index (χ0) is 40.3. The summed E-state index contributed by atoms with van der Waals surface area (Å²) in [6, 6.07) is 80.1. The fourth-order valence-corrected chi connectivity index (χ4v) is 9.29. The molecule has 2 aromatic heterocycles. The van der Waals surface area contributed by atoms with Gasteiger partial charge in [-0.15, -0.1) is 0 Å². The average Bonchev–Trinajstić information content (AvgIpc) is 3.93. The van der Waals surface area contributed by atoms with Crippen molar-refractivity contribution >= 4 is 71.5 Å². The molecule has 4 heteroatoms. The summed E-state index contributed by atoms with van der Waals surface area (Å²) in [5.41, 5.74) is 13.8. The minimum absolute atomic E-state index is 0.616. The predicted octanol–water partition coefficient (Wildman–Crippen LogP) is 15.7. The first kappa shape index (κ1) is 34.8. The highest BCUT2D eigenvalue weighted by atomic mass is 16.3. The maximum absolute atomic E-state index is 6.70. The summed E-state index contributed by atoms with van der Waals surface area (Å²) in [5.74, 6) is 0.616. The van der Waals surface area contributed by atoms with Crippen LogP contribution in [0.3, 0.4) is 0 Å². The molecule has 0 aliphatic rings. The number of nitrogens with zero attached hydrogens (tertiary/aromatic N) is 3. The second-order valence-corrected chi connectivity index (χ2v) is 15.5. The maximum Gasteiger partial charge on any atom is 0.227 e. The van der Waals surface area contributed by atoms with E-state index in [4.69, 9.17) is 9.40 Å². The summed E-state index contributed by atoms with van der Waals surface area (Å²) in [4.78, 5) is 7.45. The highest BCUT2D eigenvalue weighted by Crippen LogP contribution is 2.49. The van der Waals surface area contributed by atoms with Crippen LogP contribution < -0.4 is 4.90 Å². The Morgan fingerprint density at radius 2 is 1.02 bits per heavy atom. The molecule has 0 atom stereocenters. The number of fused-ring (bicyclic) bond motifs is 8. The molecule has 4 nitrogen and oxygen atoms in total. The van der Waals surface area contributed by atoms with Gasteiger partial charge in [-0.3, -0.25) is 0 Å². The van der Waals surface area contributed by atoms with Gasteiger partial charge >= 0.3 is 0 Å². The molecule has 2 heterocycles. The Morgan fingerprint density at radius 3 is 1.84 bits per heavy atom. The predicted molar refractivity (Wildman–Crippen MR) is 254 cm³/mol. The lowest BCUT2D eigenvalue weighted by Gasteiger charge is -2.29. The SMILES string of the molecule is c1ccc(-c2nc3ccc4ccc5ccc(N(c6ccccc6-c6ccccc6-c6ccccc6)c6cccc7c6c6ccccc6n7-c6ccccc6)cc5c4c3o2)cc1. The van der Waals surface area contributed by atoms with E-state index in [1.54, 1.807) is 0 Å². The van der Waals surface area contributed by atoms with Gasteiger partial charge in [0.15, 0.2) is 5.58 Å². The topological polar surface area (TPSA) is 34.2 Å². The Bertz CT molecular complexity index is 3590. The molecule has 0 amide bonds. The van der Waals surface area contributed by atoms with Crippen molar-refractivity contribution in [3.63, 3.8) is 0 Å². The Hall–Kier alpha value is -8.21. The molecule has 0 N–H and O–H groups in total. The second-order valence-electron chi connectivity index (χ2n) is 15.5. The van der Waals surface area contributed by atoms with Crippen LogP contribution in [0.25, 0.3) is 93.8 Å². The van der Waals surface area contributed by atoms with Crippen molar-refractivity contribution in [2.75, 3.05) is 4.90 Å². The summed E-state index contributed by atoms with van der Waals surface area (Å²) in [7, 11) is 0. The summed E-state index contributed by atoms with van der Waals surface area (Å²) >= 11 is 0. The van der Waals surface area contributed by atoms with E-state index in [1.807, 2.05) is 30.3 Å². The van der Waals surface area contributed by atoms with E-state index in [0.29, 0.717) is 5.89 Å². The smallest absolute Gasteiger partial charge is 0.227 e. The van der Waals surface area contributed by atoms with E-state index in [9.17, 15) is 0 Å². The van der Waals surface area contributed by atoms with Crippen molar-refractivity contribution in [3.8, 4) is 39.4 Å². The second kappa shape index (κ2) is 14.3. The van der Waals surface area contributed by atoms with Gasteiger partial charge in [0, 0.05) is 38.7 Å². The van der Waals surface area contributed by atoms with Crippen LogP contribution in [0.2, 0.25) is 0 Å². The van der Waals surface area contributed by atoms with Gasteiger partial charge in [-0.25, -0.2) is 4.98 Å². The number of aromatic nitrogens is 2. The number of anilines is 3. The molecule has 10 aromatic carbocycles. The first-order chi connectivity index (χ1) is 30.3. The quantitative estimate of drug-likeness (QED) is 0.151. The summed E-state index contributed by atoms with van der Waals surface area (Å²) < 4.78 is 9.09. The van der Waals surface area contributed by atoms with E-state index in [-0.39, 0.29) is 0 Å². The van der Waals surface area contributed by atoms with Crippen molar-refractivity contribution in [3.05, 3.63) is 224 Å². The van der Waals surface area contributed by atoms with E-state index >= 15 is 0 Å². The first-order valence-corrected chi connectivity index (χ1v) is 20.7. The van der Waals surface area contributed by atoms with Gasteiger partial charge in [-0.05, 0) is 99.6 Å². The van der Waals surface area contributed by atoms with Crippen LogP contribution in [0.15, 0.2) is 229 Å². The summed E-state index contributed by atoms with van der Waals surface area (Å²) in [5, 5.41) is 6.74. The lowest BCUT2D eigenvalue weighted by molar-refractivity contribution is 0.623. The van der Waals surface area contributed by atoms with Crippen LogP contribution in [0.5, 0.6) is 0 Å². The molecule has 0 radical (unpaired) electrons. The number of oxazole rings is 1. The van der Waals surface area contributed by atoms with E-state index in [0.717, 1.165) is 83.1 Å². The van der Waals surface area contributed by atoms with Crippen molar-refractivity contribution in [1.82, 2.24) is 9.55 Å². The largest absolute Gasteiger partial charge is 0.435 e. The molecule has 0 bridgehead atoms. The van der Waals surface area contributed by atoms with Crippen molar-refractivity contribution in [2.45, 2.75) is 0 Å². The van der Waals surface area contributed by atoms with Gasteiger partial charge in [0.25, 0.3) is 0 Å². The average molecular weight is 780 g/mol. The minimum atomic E-state index is 0.616. The third-order valence-corrected chi connectivity index (χ3v) is 12.0. The molecule has 12 aromatic rings. The zero-order valence-corrected chi connectivity index (χ0v) is 33.1. The fraction of sp³-hybridized carbons (Fsp3) is 0. The Balaban J connectivity index is 1.17. The molecule has 0 fully saturated rings. The van der Waals surface area contributed by atoms with E-state index in [1.165, 1.54) is 21.9 Å². The van der Waals surface area contributed by atoms with E-state index < -0.39 is 0 Å². The minimum Gasteiger partial charge on any atom is -0.435 e. The molecule has 0 spiro atoms. The molecule has 0 unspecified atom stereocenters. The molecule has 0 aliphatic heterocycles. The molecule has 12 rings (SSSR count). The van der Waals surface area contributed by atoms with Crippen molar-refractivity contribution < 1.29 is 4.42 Å². The highest BCUT2D eigenvalue weighted by molar-refractivity contribution is 6.20. The third kappa shape index (κ3) is 5.72. The number of para-hydroxylation sites is 3. The van der Waals surface area contributed by atoms with Gasteiger partial charge in [0.2, 0.25) is 5.89 Å². The van der Waals surface area contributed by atoms with Crippen LogP contribution in [0.1, 0.15) is 0 Å². The van der Waals surface area contributed by atoms with Crippen molar-refractivity contribution in [1.29, 1.82) is 0 Å². The molecular formula is C57H37N3O. The lowest BCUT2D eigenvalue weighted by atomic mass is 9.92. The molecule has 0 aliphatic carbocycles. The van der Waals surface area contributed by atoms with Crippen LogP contribution in [0.4, 0.5) is 17.1 Å². The molecular weight excluding hydrogens is 743 g/mol. The molecule has 0 saturated heterocycles. The van der Waals surface area contributed by atoms with Gasteiger partial charge in [0.1, 0.15) is 5.52 Å². The zero-order valence-electron chi connectivity index (χ0n) is 33.1. The van der Waals surface area contributed by atoms with Gasteiger partial charge in [-0.2, -0.15) is 0 Å². The highest BCUT2D eigenvalue weighted by Gasteiger charge is 2.25. The number of hydrogen-bond acceptors (Lipinski definition) is 3. The van der Waals surface area contributed by atoms with Crippen LogP contribution >= 0.6 is 0 Å². The Morgan fingerprint density at radius 1 is 0.410 bits per heavy atom. The lowest BCUT2D eigenvalue weighted by Crippen LogP contribution is -2.12. The molecule has 61 heavy (non-hydrogen) atoms. The first-order valence-electron chi connectivity index (χ1n) is 20.7. The van der Waals surface area contributed by atoms with Crippen LogP contribution in [0, 0.1) is 0 Å². The standard InChI is InChI=1S/C57H37N3O/c1-4-17-38(18-5-1)44-23-10-11-24-45(44)46-25-12-14-27-50(46)60(53-30-16-29-52-55(53)47-26-13-15-28-51(47)59(52)42-21-8-3-9-22-42)43-35-33-39-31-32-40-34-36-49-56(54(40)48(39)37-43)61-57(58-49)41-19-6-2-7-20-41/h1-37H. The van der Waals surface area contributed by atoms with Crippen LogP contribution in [-0.2, 0) is 0 Å². The van der Waals surface area contributed by atoms with Crippen LogP contribution in [-0.4, -0.2) is 9.55 Å². The summed E-state index contributed by atoms with van der Waals surface area (Å²) in [6.45, 7) is 0. The maximum atomic E-state index is 6.70. The Kier molecular flexibility index (Phi) is 8.13. The van der Waals surface area contributed by atoms with Gasteiger partial charge < -0.3 is 13.9 Å². The van der Waals surface area contributed by atoms with Gasteiger partial charge in [0.05, 0.1) is 22.4 Å². The monoisotopic (exact) mass is 779 g/mol. The number of rotatable bonds is 7. The third-order valence-electron chi connectivity index (χ3n) is 12.0. The normalized spacial score (nSPS) is 11.6. The van der Waals surface area contributed by atoms with Crippen molar-refractivity contribution in [2.24, 2.45) is 0 Å². The molecule has 286 valence electrons. The Labute approximate surface area is 352 Å². The summed E-state index contributed by atoms with van der Waals surface area (Å²) in [6.07, 6.45) is 0. The molecule has 0 saturated carbocycles. The number of benzene rings is 10. The number of hydrogen-bond donors (Lipinski definition) is 0. The fourth-order valence-electron chi connectivity index (χ4n) is 9.29. The van der Waals surface area contributed by atoms with Gasteiger partial charge in [-0.1, -0.05) is 158 Å². The van der Waals surface area contributed by atoms with E-state index in [2.05, 4.69) is 204 Å².